The van der Waals surface area contributed by atoms with E-state index in [9.17, 15) is 0 Å². The monoisotopic (exact) mass is 330 g/mol. The third kappa shape index (κ3) is 5.57. The first kappa shape index (κ1) is 17.3. The van der Waals surface area contributed by atoms with Crippen molar-refractivity contribution in [2.75, 3.05) is 13.6 Å². The van der Waals surface area contributed by atoms with E-state index < -0.39 is 0 Å². The summed E-state index contributed by atoms with van der Waals surface area (Å²) in [6, 6.07) is 10.3. The predicted molar refractivity (Wildman–Crippen MR) is 97.1 cm³/mol. The molecule has 0 amide bonds. The summed E-state index contributed by atoms with van der Waals surface area (Å²) in [5.41, 5.74) is 5.00. The number of aromatic nitrogens is 1. The van der Waals surface area contributed by atoms with Gasteiger partial charge in [0.15, 0.2) is 5.96 Å². The molecular weight excluding hydrogens is 308 g/mol. The van der Waals surface area contributed by atoms with Crippen LogP contribution in [0.15, 0.2) is 41.5 Å². The van der Waals surface area contributed by atoms with Crippen molar-refractivity contribution in [2.45, 2.75) is 26.8 Å². The van der Waals surface area contributed by atoms with Gasteiger partial charge in [-0.25, -0.2) is 4.98 Å². The van der Waals surface area contributed by atoms with Crippen LogP contribution in [0.3, 0.4) is 0 Å². The molecular formula is C18H23ClN4. The molecule has 0 aliphatic carbocycles. The molecule has 1 aromatic heterocycles. The zero-order valence-corrected chi connectivity index (χ0v) is 14.6. The molecule has 0 atom stereocenters. The summed E-state index contributed by atoms with van der Waals surface area (Å²) in [5.74, 6) is 0.798. The van der Waals surface area contributed by atoms with Crippen LogP contribution in [0.2, 0.25) is 5.15 Å². The molecule has 23 heavy (non-hydrogen) atoms. The molecule has 122 valence electrons. The maximum absolute atomic E-state index is 5.78. The molecule has 2 aromatic rings. The second kappa shape index (κ2) is 8.53. The Balaban J connectivity index is 1.80. The standard InChI is InChI=1S/C18H23ClN4/c1-13-4-6-16(14(2)10-13)12-23-18(20-3)21-9-8-15-5-7-17(19)22-11-15/h4-7,10-11H,8-9,12H2,1-3H3,(H2,20,21,23). The Morgan fingerprint density at radius 2 is 2.00 bits per heavy atom. The molecule has 0 saturated carbocycles. The van der Waals surface area contributed by atoms with Gasteiger partial charge < -0.3 is 10.6 Å². The van der Waals surface area contributed by atoms with E-state index >= 15 is 0 Å². The second-order valence-electron chi connectivity index (χ2n) is 5.52. The van der Waals surface area contributed by atoms with Crippen LogP contribution in [-0.4, -0.2) is 24.5 Å². The van der Waals surface area contributed by atoms with E-state index in [-0.39, 0.29) is 0 Å². The number of pyridine rings is 1. The summed E-state index contributed by atoms with van der Waals surface area (Å²) in [6.07, 6.45) is 2.67. The molecule has 0 fully saturated rings. The van der Waals surface area contributed by atoms with Crippen molar-refractivity contribution in [3.63, 3.8) is 0 Å². The van der Waals surface area contributed by atoms with E-state index in [2.05, 4.69) is 52.7 Å². The molecule has 1 heterocycles. The number of halogens is 1. The summed E-state index contributed by atoms with van der Waals surface area (Å²) < 4.78 is 0. The van der Waals surface area contributed by atoms with Gasteiger partial charge in [0.2, 0.25) is 0 Å². The van der Waals surface area contributed by atoms with Gasteiger partial charge in [0.1, 0.15) is 5.15 Å². The molecule has 2 N–H and O–H groups in total. The van der Waals surface area contributed by atoms with Crippen LogP contribution in [0.25, 0.3) is 0 Å². The largest absolute Gasteiger partial charge is 0.356 e. The predicted octanol–water partition coefficient (Wildman–Crippen LogP) is 3.26. The maximum Gasteiger partial charge on any atom is 0.191 e. The molecule has 2 rings (SSSR count). The number of hydrogen-bond acceptors (Lipinski definition) is 2. The van der Waals surface area contributed by atoms with Crippen LogP contribution < -0.4 is 10.6 Å². The smallest absolute Gasteiger partial charge is 0.191 e. The summed E-state index contributed by atoms with van der Waals surface area (Å²) in [4.78, 5) is 8.33. The number of aryl methyl sites for hydroxylation is 2. The van der Waals surface area contributed by atoms with E-state index in [1.807, 2.05) is 12.1 Å². The first-order valence-corrected chi connectivity index (χ1v) is 8.07. The van der Waals surface area contributed by atoms with Crippen molar-refractivity contribution in [3.05, 3.63) is 63.9 Å². The lowest BCUT2D eigenvalue weighted by Crippen LogP contribution is -2.38. The fourth-order valence-electron chi connectivity index (χ4n) is 2.32. The van der Waals surface area contributed by atoms with Crippen molar-refractivity contribution < 1.29 is 0 Å². The Bertz CT molecular complexity index is 665. The number of hydrogen-bond donors (Lipinski definition) is 2. The van der Waals surface area contributed by atoms with Gasteiger partial charge in [-0.1, -0.05) is 41.4 Å². The minimum Gasteiger partial charge on any atom is -0.356 e. The number of aliphatic imine (C=N–C) groups is 1. The van der Waals surface area contributed by atoms with E-state index in [0.29, 0.717) is 5.15 Å². The van der Waals surface area contributed by atoms with Crippen molar-refractivity contribution in [3.8, 4) is 0 Å². The number of nitrogens with zero attached hydrogens (tertiary/aromatic N) is 2. The first-order chi connectivity index (χ1) is 11.1. The second-order valence-corrected chi connectivity index (χ2v) is 5.91. The molecule has 0 aliphatic heterocycles. The van der Waals surface area contributed by atoms with Gasteiger partial charge in [-0.2, -0.15) is 0 Å². The Kier molecular flexibility index (Phi) is 6.41. The minimum absolute atomic E-state index is 0.521. The summed E-state index contributed by atoms with van der Waals surface area (Å²) >= 11 is 5.78. The maximum atomic E-state index is 5.78. The first-order valence-electron chi connectivity index (χ1n) is 7.69. The SMILES string of the molecule is CN=C(NCCc1ccc(Cl)nc1)NCc1ccc(C)cc1C. The highest BCUT2D eigenvalue weighted by Crippen LogP contribution is 2.10. The average molecular weight is 331 g/mol. The molecule has 5 heteroatoms. The van der Waals surface area contributed by atoms with E-state index in [1.165, 1.54) is 16.7 Å². The molecule has 0 bridgehead atoms. The average Bonchev–Trinajstić information content (AvgIpc) is 2.54. The highest BCUT2D eigenvalue weighted by atomic mass is 35.5. The van der Waals surface area contributed by atoms with Gasteiger partial charge in [-0.15, -0.1) is 0 Å². The van der Waals surface area contributed by atoms with Crippen molar-refractivity contribution in [1.29, 1.82) is 0 Å². The van der Waals surface area contributed by atoms with Crippen LogP contribution >= 0.6 is 11.6 Å². The lowest BCUT2D eigenvalue weighted by atomic mass is 10.1. The van der Waals surface area contributed by atoms with Gasteiger partial charge in [0.05, 0.1) is 0 Å². The van der Waals surface area contributed by atoms with Crippen LogP contribution in [0.4, 0.5) is 0 Å². The Labute approximate surface area is 143 Å². The number of guanidine groups is 1. The minimum atomic E-state index is 0.521. The quantitative estimate of drug-likeness (QED) is 0.502. The lowest BCUT2D eigenvalue weighted by Gasteiger charge is -2.13. The third-order valence-corrected chi connectivity index (χ3v) is 3.89. The molecule has 0 radical (unpaired) electrons. The van der Waals surface area contributed by atoms with Crippen LogP contribution in [-0.2, 0) is 13.0 Å². The summed E-state index contributed by atoms with van der Waals surface area (Å²) in [5, 5.41) is 7.18. The van der Waals surface area contributed by atoms with E-state index in [0.717, 1.165) is 31.0 Å². The van der Waals surface area contributed by atoms with Gasteiger partial charge in [-0.05, 0) is 43.0 Å². The van der Waals surface area contributed by atoms with E-state index in [1.54, 1.807) is 13.2 Å². The zero-order chi connectivity index (χ0) is 16.7. The van der Waals surface area contributed by atoms with Crippen LogP contribution in [0.1, 0.15) is 22.3 Å². The van der Waals surface area contributed by atoms with Crippen LogP contribution in [0, 0.1) is 13.8 Å². The normalized spacial score (nSPS) is 11.4. The van der Waals surface area contributed by atoms with Gasteiger partial charge in [-0.3, -0.25) is 4.99 Å². The number of rotatable bonds is 5. The fourth-order valence-corrected chi connectivity index (χ4v) is 2.44. The Hall–Kier alpha value is -2.07. The van der Waals surface area contributed by atoms with Crippen molar-refractivity contribution >= 4 is 17.6 Å². The number of benzene rings is 1. The topological polar surface area (TPSA) is 49.3 Å². The molecule has 0 aliphatic rings. The van der Waals surface area contributed by atoms with E-state index in [4.69, 9.17) is 11.6 Å². The van der Waals surface area contributed by atoms with Crippen molar-refractivity contribution in [1.82, 2.24) is 15.6 Å². The molecule has 1 aromatic carbocycles. The van der Waals surface area contributed by atoms with Gasteiger partial charge in [0.25, 0.3) is 0 Å². The fraction of sp³-hybridized carbons (Fsp3) is 0.333. The third-order valence-electron chi connectivity index (χ3n) is 3.66. The molecule has 0 unspecified atom stereocenters. The molecule has 4 nitrogen and oxygen atoms in total. The number of nitrogens with one attached hydrogen (secondary N) is 2. The zero-order valence-electron chi connectivity index (χ0n) is 13.9. The summed E-state index contributed by atoms with van der Waals surface area (Å²) in [7, 11) is 1.78. The molecule has 0 spiro atoms. The Morgan fingerprint density at radius 1 is 1.17 bits per heavy atom. The van der Waals surface area contributed by atoms with Crippen LogP contribution in [0.5, 0.6) is 0 Å². The highest BCUT2D eigenvalue weighted by molar-refractivity contribution is 6.29. The lowest BCUT2D eigenvalue weighted by molar-refractivity contribution is 0.791. The van der Waals surface area contributed by atoms with Gasteiger partial charge >= 0.3 is 0 Å². The Morgan fingerprint density at radius 3 is 2.65 bits per heavy atom. The summed E-state index contributed by atoms with van der Waals surface area (Å²) in [6.45, 7) is 5.79. The molecule has 0 saturated heterocycles. The van der Waals surface area contributed by atoms with Gasteiger partial charge in [0, 0.05) is 26.3 Å². The highest BCUT2D eigenvalue weighted by Gasteiger charge is 2.02. The van der Waals surface area contributed by atoms with Crippen molar-refractivity contribution in [2.24, 2.45) is 4.99 Å².